The minimum absolute atomic E-state index is 0.534. The minimum atomic E-state index is 0.534. The Balaban J connectivity index is 3.05. The van der Waals surface area contributed by atoms with Gasteiger partial charge >= 0.3 is 0 Å². The predicted octanol–water partition coefficient (Wildman–Crippen LogP) is 2.24. The lowest BCUT2D eigenvalue weighted by atomic mass is 10.2. The first-order valence-corrected chi connectivity index (χ1v) is 3.40. The lowest BCUT2D eigenvalue weighted by molar-refractivity contribution is 0.556. The maximum absolute atomic E-state index is 5.50. The summed E-state index contributed by atoms with van der Waals surface area (Å²) in [6.45, 7) is 5.55. The van der Waals surface area contributed by atoms with E-state index in [1.165, 1.54) is 0 Å². The average Bonchev–Trinajstić information content (AvgIpc) is 2.36. The van der Waals surface area contributed by atoms with Crippen LogP contribution in [0, 0.1) is 0 Å². The van der Waals surface area contributed by atoms with E-state index in [-0.39, 0.29) is 0 Å². The van der Waals surface area contributed by atoms with E-state index in [0.29, 0.717) is 5.70 Å². The van der Waals surface area contributed by atoms with Crippen molar-refractivity contribution in [3.63, 3.8) is 0 Å². The summed E-state index contributed by atoms with van der Waals surface area (Å²) in [6.07, 6.45) is 5.35. The van der Waals surface area contributed by atoms with Gasteiger partial charge in [-0.25, -0.2) is 0 Å². The molecule has 0 aliphatic rings. The summed E-state index contributed by atoms with van der Waals surface area (Å²) in [5.74, 6) is 0.764. The van der Waals surface area contributed by atoms with E-state index in [1.54, 1.807) is 12.3 Å². The first-order valence-electron chi connectivity index (χ1n) is 3.40. The summed E-state index contributed by atoms with van der Waals surface area (Å²) in [6, 6.07) is 1.80. The monoisotopic (exact) mass is 149 g/mol. The van der Waals surface area contributed by atoms with Crippen molar-refractivity contribution in [2.75, 3.05) is 0 Å². The Morgan fingerprint density at radius 1 is 1.73 bits per heavy atom. The molecule has 0 saturated carbocycles. The Kier molecular flexibility index (Phi) is 2.16. The van der Waals surface area contributed by atoms with Crippen LogP contribution in [-0.4, -0.2) is 0 Å². The van der Waals surface area contributed by atoms with E-state index < -0.39 is 0 Å². The van der Waals surface area contributed by atoms with Crippen molar-refractivity contribution in [1.82, 2.24) is 0 Å². The van der Waals surface area contributed by atoms with Crippen LogP contribution in [0.25, 0.3) is 11.8 Å². The summed E-state index contributed by atoms with van der Waals surface area (Å²) in [5, 5.41) is 0. The van der Waals surface area contributed by atoms with Gasteiger partial charge < -0.3 is 10.2 Å². The first-order chi connectivity index (χ1) is 5.25. The summed E-state index contributed by atoms with van der Waals surface area (Å²) < 4.78 is 5.14. The van der Waals surface area contributed by atoms with Crippen molar-refractivity contribution in [3.8, 4) is 0 Å². The molecular formula is C9H11NO. The molecule has 0 bridgehead atoms. The number of nitrogens with two attached hydrogens (primary N) is 1. The molecule has 1 rings (SSSR count). The van der Waals surface area contributed by atoms with E-state index in [0.717, 1.165) is 11.3 Å². The fourth-order valence-electron chi connectivity index (χ4n) is 0.867. The van der Waals surface area contributed by atoms with E-state index in [1.807, 2.05) is 19.1 Å². The Morgan fingerprint density at radius 2 is 2.45 bits per heavy atom. The molecule has 1 aromatic rings. The zero-order chi connectivity index (χ0) is 8.27. The SMILES string of the molecule is C=C(N)c1ccoc1/C=C\C. The number of hydrogen-bond donors (Lipinski definition) is 1. The van der Waals surface area contributed by atoms with Crippen LogP contribution in [0.4, 0.5) is 0 Å². The molecule has 1 heterocycles. The van der Waals surface area contributed by atoms with Crippen molar-refractivity contribution >= 4 is 11.8 Å². The van der Waals surface area contributed by atoms with Crippen LogP contribution in [0.5, 0.6) is 0 Å². The van der Waals surface area contributed by atoms with Crippen LogP contribution in [0.2, 0.25) is 0 Å². The second-order valence-corrected chi connectivity index (χ2v) is 2.22. The van der Waals surface area contributed by atoms with E-state index in [2.05, 4.69) is 6.58 Å². The zero-order valence-corrected chi connectivity index (χ0v) is 6.50. The van der Waals surface area contributed by atoms with Gasteiger partial charge in [-0.1, -0.05) is 12.7 Å². The third kappa shape index (κ3) is 1.52. The van der Waals surface area contributed by atoms with Gasteiger partial charge in [-0.15, -0.1) is 0 Å². The molecule has 2 N–H and O–H groups in total. The predicted molar refractivity (Wildman–Crippen MR) is 46.6 cm³/mol. The van der Waals surface area contributed by atoms with Crippen LogP contribution in [0.15, 0.2) is 29.4 Å². The van der Waals surface area contributed by atoms with Gasteiger partial charge in [-0.05, 0) is 19.1 Å². The highest BCUT2D eigenvalue weighted by Gasteiger charge is 2.02. The van der Waals surface area contributed by atoms with Gasteiger partial charge in [0.1, 0.15) is 5.76 Å². The van der Waals surface area contributed by atoms with Gasteiger partial charge in [0.2, 0.25) is 0 Å². The molecule has 11 heavy (non-hydrogen) atoms. The minimum Gasteiger partial charge on any atom is -0.464 e. The maximum atomic E-state index is 5.50. The molecule has 0 aliphatic carbocycles. The maximum Gasteiger partial charge on any atom is 0.135 e. The van der Waals surface area contributed by atoms with Crippen molar-refractivity contribution in [3.05, 3.63) is 36.3 Å². The van der Waals surface area contributed by atoms with Gasteiger partial charge in [0, 0.05) is 11.3 Å². The molecule has 58 valence electrons. The van der Waals surface area contributed by atoms with Crippen molar-refractivity contribution < 1.29 is 4.42 Å². The lowest BCUT2D eigenvalue weighted by Crippen LogP contribution is -1.92. The van der Waals surface area contributed by atoms with Crippen LogP contribution in [0.3, 0.4) is 0 Å². The molecule has 0 spiro atoms. The molecule has 0 atom stereocenters. The Labute approximate surface area is 66.0 Å². The summed E-state index contributed by atoms with van der Waals surface area (Å²) in [4.78, 5) is 0. The van der Waals surface area contributed by atoms with Crippen molar-refractivity contribution in [1.29, 1.82) is 0 Å². The van der Waals surface area contributed by atoms with Crippen molar-refractivity contribution in [2.24, 2.45) is 5.73 Å². The molecule has 0 radical (unpaired) electrons. The Bertz CT molecular complexity index is 284. The highest BCUT2D eigenvalue weighted by atomic mass is 16.3. The highest BCUT2D eigenvalue weighted by Crippen LogP contribution is 2.16. The average molecular weight is 149 g/mol. The molecule has 0 aliphatic heterocycles. The smallest absolute Gasteiger partial charge is 0.135 e. The zero-order valence-electron chi connectivity index (χ0n) is 6.50. The molecular weight excluding hydrogens is 138 g/mol. The third-order valence-electron chi connectivity index (χ3n) is 1.36. The largest absolute Gasteiger partial charge is 0.464 e. The summed E-state index contributed by atoms with van der Waals surface area (Å²) in [7, 11) is 0. The Morgan fingerprint density at radius 3 is 3.00 bits per heavy atom. The number of hydrogen-bond acceptors (Lipinski definition) is 2. The summed E-state index contributed by atoms with van der Waals surface area (Å²) >= 11 is 0. The third-order valence-corrected chi connectivity index (χ3v) is 1.36. The molecule has 0 amide bonds. The second kappa shape index (κ2) is 3.10. The normalized spacial score (nSPS) is 10.6. The lowest BCUT2D eigenvalue weighted by Gasteiger charge is -1.94. The van der Waals surface area contributed by atoms with Crippen LogP contribution < -0.4 is 5.73 Å². The van der Waals surface area contributed by atoms with Gasteiger partial charge in [0.25, 0.3) is 0 Å². The quantitative estimate of drug-likeness (QED) is 0.700. The van der Waals surface area contributed by atoms with Gasteiger partial charge in [0.05, 0.1) is 6.26 Å². The van der Waals surface area contributed by atoms with Gasteiger partial charge in [-0.3, -0.25) is 0 Å². The fraction of sp³-hybridized carbons (Fsp3) is 0.111. The molecule has 0 aromatic carbocycles. The van der Waals surface area contributed by atoms with Crippen LogP contribution in [0.1, 0.15) is 18.2 Å². The van der Waals surface area contributed by atoms with Crippen molar-refractivity contribution in [2.45, 2.75) is 6.92 Å². The van der Waals surface area contributed by atoms with Gasteiger partial charge in [0.15, 0.2) is 0 Å². The van der Waals surface area contributed by atoms with E-state index >= 15 is 0 Å². The molecule has 2 nitrogen and oxygen atoms in total. The van der Waals surface area contributed by atoms with Gasteiger partial charge in [-0.2, -0.15) is 0 Å². The fourth-order valence-corrected chi connectivity index (χ4v) is 0.867. The summed E-state index contributed by atoms with van der Waals surface area (Å²) in [5.41, 5.74) is 6.90. The second-order valence-electron chi connectivity index (χ2n) is 2.22. The van der Waals surface area contributed by atoms with Crippen LogP contribution in [-0.2, 0) is 0 Å². The number of allylic oxidation sites excluding steroid dienone is 1. The highest BCUT2D eigenvalue weighted by molar-refractivity contribution is 5.68. The number of rotatable bonds is 2. The van der Waals surface area contributed by atoms with Crippen LogP contribution >= 0.6 is 0 Å². The standard InChI is InChI=1S/C9H11NO/c1-3-4-9-8(7(2)10)5-6-11-9/h3-6H,2,10H2,1H3/b4-3-. The number of furan rings is 1. The van der Waals surface area contributed by atoms with E-state index in [4.69, 9.17) is 10.2 Å². The molecule has 2 heteroatoms. The topological polar surface area (TPSA) is 39.2 Å². The first kappa shape index (κ1) is 7.66. The molecule has 0 saturated heterocycles. The van der Waals surface area contributed by atoms with E-state index in [9.17, 15) is 0 Å². The molecule has 1 aromatic heterocycles. The molecule has 0 unspecified atom stereocenters. The molecule has 0 fully saturated rings. The Hall–Kier alpha value is -1.44.